The lowest BCUT2D eigenvalue weighted by molar-refractivity contribution is -0.140. The van der Waals surface area contributed by atoms with Crippen molar-refractivity contribution in [1.29, 1.82) is 5.26 Å². The molecule has 1 aromatic heterocycles. The first-order valence-electron chi connectivity index (χ1n) is 12.9. The summed E-state index contributed by atoms with van der Waals surface area (Å²) in [6.45, 7) is 6.03. The molecular formula is C31H32N4O3. The van der Waals surface area contributed by atoms with Crippen LogP contribution in [-0.2, 0) is 9.59 Å². The number of carbonyl (C=O) groups excluding carboxylic acids is 2. The van der Waals surface area contributed by atoms with Gasteiger partial charge in [-0.05, 0) is 67.8 Å². The van der Waals surface area contributed by atoms with E-state index in [1.165, 1.54) is 4.90 Å². The summed E-state index contributed by atoms with van der Waals surface area (Å²) in [5.41, 5.74) is 4.80. The maximum atomic E-state index is 13.6. The van der Waals surface area contributed by atoms with Crippen molar-refractivity contribution in [2.45, 2.75) is 46.5 Å². The zero-order valence-electron chi connectivity index (χ0n) is 22.3. The van der Waals surface area contributed by atoms with Gasteiger partial charge in [0.25, 0.3) is 11.8 Å². The first-order chi connectivity index (χ1) is 18.4. The number of amides is 2. The summed E-state index contributed by atoms with van der Waals surface area (Å²) in [6.07, 6.45) is 7.32. The number of imide groups is 1. The van der Waals surface area contributed by atoms with E-state index in [2.05, 4.69) is 6.92 Å². The Hall–Kier alpha value is -4.44. The fraction of sp³-hybridized carbons (Fsp3) is 0.290. The summed E-state index contributed by atoms with van der Waals surface area (Å²) < 4.78 is 7.20. The van der Waals surface area contributed by atoms with Crippen LogP contribution >= 0.6 is 0 Å². The van der Waals surface area contributed by atoms with Crippen LogP contribution < -0.4 is 4.74 Å². The molecule has 38 heavy (non-hydrogen) atoms. The van der Waals surface area contributed by atoms with Crippen molar-refractivity contribution >= 4 is 17.9 Å². The van der Waals surface area contributed by atoms with Gasteiger partial charge < -0.3 is 4.74 Å². The van der Waals surface area contributed by atoms with E-state index in [0.29, 0.717) is 35.4 Å². The molecule has 3 aromatic rings. The van der Waals surface area contributed by atoms with E-state index in [4.69, 9.17) is 9.84 Å². The quantitative estimate of drug-likeness (QED) is 0.200. The van der Waals surface area contributed by atoms with E-state index < -0.39 is 5.91 Å². The summed E-state index contributed by atoms with van der Waals surface area (Å²) in [6, 6.07) is 17.6. The Labute approximate surface area is 223 Å². The predicted octanol–water partition coefficient (Wildman–Crippen LogP) is 6.03. The molecule has 194 valence electrons. The molecule has 0 bridgehead atoms. The zero-order valence-corrected chi connectivity index (χ0v) is 22.3. The highest BCUT2D eigenvalue weighted by atomic mass is 16.5. The highest BCUT2D eigenvalue weighted by Gasteiger charge is 2.35. The number of aromatic nitrogens is 2. The minimum absolute atomic E-state index is 0.00337. The highest BCUT2D eigenvalue weighted by molar-refractivity contribution is 6.19. The molecule has 0 fully saturated rings. The Morgan fingerprint density at radius 3 is 2.45 bits per heavy atom. The Morgan fingerprint density at radius 2 is 1.79 bits per heavy atom. The molecule has 2 amide bonds. The minimum atomic E-state index is -0.519. The summed E-state index contributed by atoms with van der Waals surface area (Å²) in [7, 11) is 1.63. The predicted molar refractivity (Wildman–Crippen MR) is 147 cm³/mol. The van der Waals surface area contributed by atoms with Gasteiger partial charge in [-0.25, -0.2) is 4.68 Å². The molecule has 0 radical (unpaired) electrons. The van der Waals surface area contributed by atoms with Gasteiger partial charge in [0.05, 0.1) is 18.5 Å². The van der Waals surface area contributed by atoms with Crippen molar-refractivity contribution in [3.05, 3.63) is 82.6 Å². The molecule has 0 aliphatic carbocycles. The van der Waals surface area contributed by atoms with Crippen LogP contribution in [0.1, 0.15) is 50.7 Å². The Morgan fingerprint density at radius 1 is 1.03 bits per heavy atom. The molecule has 0 atom stereocenters. The molecule has 7 heteroatoms. The van der Waals surface area contributed by atoms with Crippen molar-refractivity contribution in [2.75, 3.05) is 13.7 Å². The van der Waals surface area contributed by atoms with Crippen LogP contribution in [0.5, 0.6) is 5.75 Å². The molecule has 1 aliphatic rings. The van der Waals surface area contributed by atoms with Crippen molar-refractivity contribution in [1.82, 2.24) is 14.7 Å². The number of carbonyl (C=O) groups is 2. The molecule has 0 saturated heterocycles. The van der Waals surface area contributed by atoms with E-state index in [1.54, 1.807) is 24.8 Å². The molecule has 0 saturated carbocycles. The van der Waals surface area contributed by atoms with Crippen molar-refractivity contribution in [3.8, 4) is 28.8 Å². The van der Waals surface area contributed by atoms with Gasteiger partial charge in [0.2, 0.25) is 0 Å². The SMILES string of the molecule is CCCCCCN1C(=O)C(C#N)=C(C)/C(=C\c2cn(-c3ccccc3)nc2-c2ccc(OC)c(C)c2)C1=O. The average Bonchev–Trinajstić information content (AvgIpc) is 3.35. The van der Waals surface area contributed by atoms with E-state index >= 15 is 0 Å². The molecule has 7 nitrogen and oxygen atoms in total. The molecule has 2 heterocycles. The molecule has 2 aromatic carbocycles. The fourth-order valence-corrected chi connectivity index (χ4v) is 4.64. The number of ether oxygens (including phenoxy) is 1. The first-order valence-corrected chi connectivity index (χ1v) is 12.9. The summed E-state index contributed by atoms with van der Waals surface area (Å²) >= 11 is 0. The molecular weight excluding hydrogens is 476 g/mol. The van der Waals surface area contributed by atoms with Gasteiger partial charge in [0.1, 0.15) is 17.4 Å². The molecule has 4 rings (SSSR count). The third kappa shape index (κ3) is 5.30. The lowest BCUT2D eigenvalue weighted by atomic mass is 9.93. The second-order valence-electron chi connectivity index (χ2n) is 9.39. The molecule has 0 spiro atoms. The van der Waals surface area contributed by atoms with E-state index in [0.717, 1.165) is 41.8 Å². The smallest absolute Gasteiger partial charge is 0.271 e. The van der Waals surface area contributed by atoms with Crippen LogP contribution in [0.25, 0.3) is 23.0 Å². The number of benzene rings is 2. The Balaban J connectivity index is 1.84. The highest BCUT2D eigenvalue weighted by Crippen LogP contribution is 2.33. The topological polar surface area (TPSA) is 88.2 Å². The number of rotatable bonds is 9. The van der Waals surface area contributed by atoms with Gasteiger partial charge in [-0.2, -0.15) is 10.4 Å². The third-order valence-electron chi connectivity index (χ3n) is 6.79. The number of methoxy groups -OCH3 is 1. The number of hydrogen-bond acceptors (Lipinski definition) is 5. The lowest BCUT2D eigenvalue weighted by Crippen LogP contribution is -2.43. The second-order valence-corrected chi connectivity index (χ2v) is 9.39. The first kappa shape index (κ1) is 26.6. The number of para-hydroxylation sites is 1. The number of nitriles is 1. The van der Waals surface area contributed by atoms with Gasteiger partial charge in [-0.3, -0.25) is 14.5 Å². The van der Waals surface area contributed by atoms with Crippen LogP contribution in [0.3, 0.4) is 0 Å². The van der Waals surface area contributed by atoms with Crippen molar-refractivity contribution < 1.29 is 14.3 Å². The third-order valence-corrected chi connectivity index (χ3v) is 6.79. The maximum Gasteiger partial charge on any atom is 0.271 e. The zero-order chi connectivity index (χ0) is 27.2. The van der Waals surface area contributed by atoms with Crippen LogP contribution in [0, 0.1) is 18.3 Å². The summed E-state index contributed by atoms with van der Waals surface area (Å²) in [5.74, 6) is -0.129. The van der Waals surface area contributed by atoms with Crippen LogP contribution in [0.15, 0.2) is 71.4 Å². The fourth-order valence-electron chi connectivity index (χ4n) is 4.64. The standard InChI is InChI=1S/C31H32N4O3/c1-5-6-7-11-16-34-30(36)26(22(3)27(19-32)31(34)37)18-24-20-35(25-12-9-8-10-13-25)33-29(24)23-14-15-28(38-4)21(2)17-23/h8-10,12-15,17-18,20H,5-7,11,16H2,1-4H3/b26-18+. The largest absolute Gasteiger partial charge is 0.496 e. The number of aryl methyl sites for hydroxylation is 1. The molecule has 1 aliphatic heterocycles. The number of hydrogen-bond donors (Lipinski definition) is 0. The van der Waals surface area contributed by atoms with Gasteiger partial charge >= 0.3 is 0 Å². The number of unbranched alkanes of at least 4 members (excludes halogenated alkanes) is 3. The monoisotopic (exact) mass is 508 g/mol. The van der Waals surface area contributed by atoms with Crippen molar-refractivity contribution in [3.63, 3.8) is 0 Å². The van der Waals surface area contributed by atoms with Crippen LogP contribution in [0.2, 0.25) is 0 Å². The van der Waals surface area contributed by atoms with Gasteiger partial charge in [0.15, 0.2) is 0 Å². The van der Waals surface area contributed by atoms with Gasteiger partial charge in [-0.15, -0.1) is 0 Å². The molecule has 0 N–H and O–H groups in total. The summed E-state index contributed by atoms with van der Waals surface area (Å²) in [5, 5.41) is 14.6. The van der Waals surface area contributed by atoms with Crippen LogP contribution in [0.4, 0.5) is 0 Å². The Bertz CT molecular complexity index is 1460. The summed E-state index contributed by atoms with van der Waals surface area (Å²) in [4.78, 5) is 27.8. The maximum absolute atomic E-state index is 13.6. The average molecular weight is 509 g/mol. The second kappa shape index (κ2) is 11.7. The van der Waals surface area contributed by atoms with Gasteiger partial charge in [0, 0.05) is 29.4 Å². The van der Waals surface area contributed by atoms with Gasteiger partial charge in [-0.1, -0.05) is 44.4 Å². The van der Waals surface area contributed by atoms with Crippen LogP contribution in [-0.4, -0.2) is 40.1 Å². The molecule has 0 unspecified atom stereocenters. The van der Waals surface area contributed by atoms with E-state index in [9.17, 15) is 14.9 Å². The van der Waals surface area contributed by atoms with Crippen molar-refractivity contribution in [2.24, 2.45) is 0 Å². The number of nitrogens with zero attached hydrogens (tertiary/aromatic N) is 4. The van der Waals surface area contributed by atoms with E-state index in [-0.39, 0.29) is 11.5 Å². The minimum Gasteiger partial charge on any atom is -0.496 e. The van der Waals surface area contributed by atoms with E-state index in [1.807, 2.05) is 67.7 Å². The normalized spacial score (nSPS) is 14.8. The Kier molecular flexibility index (Phi) is 8.22. The lowest BCUT2D eigenvalue weighted by Gasteiger charge is -2.27.